The predicted octanol–water partition coefficient (Wildman–Crippen LogP) is 3.70. The van der Waals surface area contributed by atoms with E-state index in [1.807, 2.05) is 6.07 Å². The molecule has 1 amide bonds. The zero-order chi connectivity index (χ0) is 21.3. The Morgan fingerprint density at radius 1 is 1.34 bits per heavy atom. The number of aromatic amines is 1. The lowest BCUT2D eigenvalue weighted by molar-refractivity contribution is -0.148. The third-order valence-corrected chi connectivity index (χ3v) is 4.51. The van der Waals surface area contributed by atoms with E-state index in [2.05, 4.69) is 15.3 Å². The maximum atomic E-state index is 14.9. The van der Waals surface area contributed by atoms with Crippen molar-refractivity contribution in [3.63, 3.8) is 0 Å². The molecule has 0 unspecified atom stereocenters. The highest BCUT2D eigenvalue weighted by Crippen LogP contribution is 2.32. The highest BCUT2D eigenvalue weighted by Gasteiger charge is 2.45. The number of hydrogen-bond acceptors (Lipinski definition) is 4. The molecule has 1 atom stereocenters. The van der Waals surface area contributed by atoms with Gasteiger partial charge in [0.05, 0.1) is 17.3 Å². The van der Waals surface area contributed by atoms with E-state index in [9.17, 15) is 22.8 Å². The summed E-state index contributed by atoms with van der Waals surface area (Å²) in [7, 11) is 0. The molecule has 152 valence electrons. The van der Waals surface area contributed by atoms with Crippen molar-refractivity contribution in [3.8, 4) is 6.07 Å². The number of amides is 1. The number of carbonyl (C=O) groups is 1. The zero-order valence-corrected chi connectivity index (χ0v) is 15.4. The fraction of sp³-hybridized carbons (Fsp3) is 0.200. The van der Waals surface area contributed by atoms with Crippen molar-refractivity contribution in [1.82, 2.24) is 15.3 Å². The fourth-order valence-corrected chi connectivity index (χ4v) is 3.03. The first-order valence-electron chi connectivity index (χ1n) is 8.53. The lowest BCUT2D eigenvalue weighted by Crippen LogP contribution is -2.43. The van der Waals surface area contributed by atoms with Gasteiger partial charge in [0, 0.05) is 13.8 Å². The van der Waals surface area contributed by atoms with E-state index in [-0.39, 0.29) is 30.7 Å². The van der Waals surface area contributed by atoms with Gasteiger partial charge < -0.3 is 10.3 Å². The molecule has 0 saturated carbocycles. The number of aryl methyl sites for hydroxylation is 1. The smallest absolute Gasteiger partial charge is 0.342 e. The maximum Gasteiger partial charge on any atom is 0.355 e. The van der Waals surface area contributed by atoms with Gasteiger partial charge in [0.1, 0.15) is 17.6 Å². The summed E-state index contributed by atoms with van der Waals surface area (Å²) in [6.07, 6.45) is 0. The summed E-state index contributed by atoms with van der Waals surface area (Å²) >= 11 is 0. The molecule has 0 aliphatic rings. The third kappa shape index (κ3) is 3.69. The van der Waals surface area contributed by atoms with Crippen LogP contribution in [0.4, 0.5) is 13.2 Å². The van der Waals surface area contributed by atoms with Crippen molar-refractivity contribution in [3.05, 3.63) is 75.1 Å². The van der Waals surface area contributed by atoms with Gasteiger partial charge in [0.15, 0.2) is 0 Å². The molecule has 0 aliphatic heterocycles. The van der Waals surface area contributed by atoms with Crippen LogP contribution in [0.2, 0.25) is 0 Å². The summed E-state index contributed by atoms with van der Waals surface area (Å²) in [5.41, 5.74) is -1.93. The number of nitriles is 1. The second kappa shape index (κ2) is 7.39. The molecule has 1 aromatic carbocycles. The minimum absolute atomic E-state index is 0. The second-order valence-electron chi connectivity index (χ2n) is 6.47. The molecular formula is C20H19F3N4O2. The summed E-state index contributed by atoms with van der Waals surface area (Å²) in [5, 5.41) is 11.1. The maximum absolute atomic E-state index is 14.9. The van der Waals surface area contributed by atoms with Gasteiger partial charge in [-0.2, -0.15) is 14.0 Å². The van der Waals surface area contributed by atoms with Crippen LogP contribution in [0, 0.1) is 24.1 Å². The molecule has 0 aliphatic carbocycles. The van der Waals surface area contributed by atoms with Crippen LogP contribution in [-0.2, 0) is 10.7 Å². The molecule has 0 fully saturated rings. The number of fused-ring (bicyclic) bond motifs is 1. The van der Waals surface area contributed by atoms with E-state index in [4.69, 9.17) is 5.26 Å². The van der Waals surface area contributed by atoms with E-state index in [0.29, 0.717) is 0 Å². The number of halogens is 3. The third-order valence-electron chi connectivity index (χ3n) is 4.51. The van der Waals surface area contributed by atoms with Crippen molar-refractivity contribution in [2.75, 3.05) is 0 Å². The molecule has 2 aromatic heterocycles. The Bertz CT molecular complexity index is 1230. The van der Waals surface area contributed by atoms with Crippen LogP contribution in [0.3, 0.4) is 0 Å². The average molecular weight is 404 g/mol. The highest BCUT2D eigenvalue weighted by molar-refractivity contribution is 5.89. The largest absolute Gasteiger partial charge is 0.355 e. The van der Waals surface area contributed by atoms with Crippen LogP contribution >= 0.6 is 0 Å². The molecule has 3 aromatic rings. The molecule has 0 saturated heterocycles. The van der Waals surface area contributed by atoms with Crippen molar-refractivity contribution in [2.24, 2.45) is 0 Å². The van der Waals surface area contributed by atoms with Gasteiger partial charge in [-0.1, -0.05) is 6.07 Å². The highest BCUT2D eigenvalue weighted by atomic mass is 19.3. The van der Waals surface area contributed by atoms with Gasteiger partial charge in [-0.05, 0) is 49.7 Å². The van der Waals surface area contributed by atoms with Crippen LogP contribution in [0.5, 0.6) is 0 Å². The summed E-state index contributed by atoms with van der Waals surface area (Å²) < 4.78 is 43.4. The van der Waals surface area contributed by atoms with Crippen molar-refractivity contribution in [1.29, 1.82) is 5.26 Å². The number of rotatable bonds is 4. The lowest BCUT2D eigenvalue weighted by atomic mass is 9.99. The Balaban J connectivity index is 0.00000240. The number of alkyl halides is 2. The molecule has 6 nitrogen and oxygen atoms in total. The Morgan fingerprint density at radius 3 is 2.76 bits per heavy atom. The first-order valence-corrected chi connectivity index (χ1v) is 8.53. The van der Waals surface area contributed by atoms with Crippen LogP contribution < -0.4 is 10.9 Å². The van der Waals surface area contributed by atoms with Gasteiger partial charge in [-0.15, -0.1) is 0 Å². The normalized spacial score (nSPS) is 12.4. The van der Waals surface area contributed by atoms with E-state index < -0.39 is 34.8 Å². The lowest BCUT2D eigenvalue weighted by Gasteiger charge is -2.21. The molecule has 0 bridgehead atoms. The van der Waals surface area contributed by atoms with E-state index >= 15 is 0 Å². The van der Waals surface area contributed by atoms with Crippen LogP contribution in [-0.4, -0.2) is 15.9 Å². The SMILES string of the molecule is Cc1c(C(F)(F)C(=O)N[C@H](C)c2cccc(C#N)n2)c(=O)[nH]c2ccc(F)cc12.[HH].[HH]. The summed E-state index contributed by atoms with van der Waals surface area (Å²) in [5.74, 6) is -6.55. The molecule has 9 heteroatoms. The van der Waals surface area contributed by atoms with Gasteiger partial charge in [0.2, 0.25) is 0 Å². The van der Waals surface area contributed by atoms with Gasteiger partial charge >= 0.3 is 5.92 Å². The van der Waals surface area contributed by atoms with E-state index in [1.54, 1.807) is 0 Å². The summed E-state index contributed by atoms with van der Waals surface area (Å²) in [4.78, 5) is 30.8. The number of H-pyrrole nitrogens is 1. The Hall–Kier alpha value is -3.67. The van der Waals surface area contributed by atoms with E-state index in [1.165, 1.54) is 38.1 Å². The molecule has 0 spiro atoms. The Morgan fingerprint density at radius 2 is 2.07 bits per heavy atom. The second-order valence-corrected chi connectivity index (χ2v) is 6.47. The molecule has 3 rings (SSSR count). The number of nitrogens with zero attached hydrogens (tertiary/aromatic N) is 2. The standard InChI is InChI=1S/C20H15F3N4O2.2H2/c1-10-14-8-12(21)6-7-16(14)27-18(28)17(10)20(22,23)19(29)25-11(2)15-5-3-4-13(9-24)26-15;;/h3-8,11H,1-2H3,(H,25,29)(H,27,28);2*1H/t11-;;/m1../s1. The predicted molar refractivity (Wildman–Crippen MR) is 103 cm³/mol. The zero-order valence-electron chi connectivity index (χ0n) is 15.4. The number of benzene rings is 1. The van der Waals surface area contributed by atoms with Gasteiger partial charge in [0.25, 0.3) is 11.5 Å². The first-order chi connectivity index (χ1) is 13.6. The first kappa shape index (κ1) is 20.1. The van der Waals surface area contributed by atoms with Crippen LogP contribution in [0.15, 0.2) is 41.2 Å². The average Bonchev–Trinajstić information content (AvgIpc) is 2.68. The van der Waals surface area contributed by atoms with Crippen molar-refractivity contribution < 1.29 is 20.8 Å². The topological polar surface area (TPSA) is 98.6 Å². The minimum atomic E-state index is -4.18. The molecule has 2 N–H and O–H groups in total. The Kier molecular flexibility index (Phi) is 5.12. The van der Waals surface area contributed by atoms with Crippen molar-refractivity contribution in [2.45, 2.75) is 25.8 Å². The number of pyridine rings is 2. The van der Waals surface area contributed by atoms with Crippen LogP contribution in [0.1, 0.15) is 38.3 Å². The molecule has 0 radical (unpaired) electrons. The molecule has 2 heterocycles. The molecule has 29 heavy (non-hydrogen) atoms. The summed E-state index contributed by atoms with van der Waals surface area (Å²) in [6, 6.07) is 8.65. The molecular weight excluding hydrogens is 385 g/mol. The number of carbonyl (C=O) groups excluding carboxylic acids is 1. The fourth-order valence-electron chi connectivity index (χ4n) is 3.03. The number of nitrogens with one attached hydrogen (secondary N) is 2. The number of hydrogen-bond donors (Lipinski definition) is 2. The van der Waals surface area contributed by atoms with Gasteiger partial charge in [-0.3, -0.25) is 9.59 Å². The quantitative estimate of drug-likeness (QED) is 0.693. The monoisotopic (exact) mass is 404 g/mol. The number of aromatic nitrogens is 2. The van der Waals surface area contributed by atoms with Crippen LogP contribution in [0.25, 0.3) is 10.9 Å². The van der Waals surface area contributed by atoms with Crippen molar-refractivity contribution >= 4 is 16.8 Å². The van der Waals surface area contributed by atoms with E-state index in [0.717, 1.165) is 12.1 Å². The van der Waals surface area contributed by atoms with Gasteiger partial charge in [-0.25, -0.2) is 9.37 Å². The minimum Gasteiger partial charge on any atom is -0.342 e. The summed E-state index contributed by atoms with van der Waals surface area (Å²) in [6.45, 7) is 2.65. The Labute approximate surface area is 166 Å².